The number of aromatic nitrogens is 2. The zero-order chi connectivity index (χ0) is 10.6. The second-order valence-electron chi connectivity index (χ2n) is 2.77. The fourth-order valence-corrected chi connectivity index (χ4v) is 2.78. The average Bonchev–Trinajstić information content (AvgIpc) is 2.48. The van der Waals surface area contributed by atoms with Crippen LogP contribution >= 0.6 is 23.1 Å². The van der Waals surface area contributed by atoms with Crippen LogP contribution in [0, 0.1) is 0 Å². The second kappa shape index (κ2) is 5.16. The zero-order valence-electron chi connectivity index (χ0n) is 7.64. The van der Waals surface area contributed by atoms with Crippen molar-refractivity contribution in [1.29, 1.82) is 0 Å². The Balaban J connectivity index is 2.33. The van der Waals surface area contributed by atoms with Crippen LogP contribution in [0.15, 0.2) is 4.34 Å². The molecule has 1 atom stereocenters. The van der Waals surface area contributed by atoms with Gasteiger partial charge in [0.2, 0.25) is 5.13 Å². The Morgan fingerprint density at radius 2 is 2.43 bits per heavy atom. The highest BCUT2D eigenvalue weighted by Crippen LogP contribution is 2.29. The molecule has 0 aliphatic heterocycles. The summed E-state index contributed by atoms with van der Waals surface area (Å²) in [4.78, 5) is 10.3. The number of nitrogens with zero attached hydrogens (tertiary/aromatic N) is 2. The van der Waals surface area contributed by atoms with E-state index in [2.05, 4.69) is 10.2 Å². The molecule has 0 saturated carbocycles. The van der Waals surface area contributed by atoms with Crippen molar-refractivity contribution in [2.75, 3.05) is 5.73 Å². The standard InChI is InChI=1S/C7H11N3O2S2/c1-4(2-3-5(11)12)13-7-10-9-6(8)14-7/h4H,2-3H2,1H3,(H2,8,9)(H,11,12). The summed E-state index contributed by atoms with van der Waals surface area (Å²) in [7, 11) is 0. The summed E-state index contributed by atoms with van der Waals surface area (Å²) in [5.74, 6) is -0.769. The lowest BCUT2D eigenvalue weighted by atomic mass is 10.2. The van der Waals surface area contributed by atoms with E-state index in [1.807, 2.05) is 6.92 Å². The van der Waals surface area contributed by atoms with E-state index >= 15 is 0 Å². The topological polar surface area (TPSA) is 89.1 Å². The molecule has 0 spiro atoms. The molecule has 5 nitrogen and oxygen atoms in total. The van der Waals surface area contributed by atoms with Crippen LogP contribution < -0.4 is 5.73 Å². The van der Waals surface area contributed by atoms with E-state index in [0.717, 1.165) is 4.34 Å². The maximum absolute atomic E-state index is 10.3. The Bertz CT molecular complexity index is 316. The molecule has 0 aliphatic carbocycles. The fraction of sp³-hybridized carbons (Fsp3) is 0.571. The molecule has 0 bridgehead atoms. The van der Waals surface area contributed by atoms with E-state index in [4.69, 9.17) is 10.8 Å². The smallest absolute Gasteiger partial charge is 0.303 e. The quantitative estimate of drug-likeness (QED) is 0.748. The number of aliphatic carboxylic acids is 1. The van der Waals surface area contributed by atoms with E-state index < -0.39 is 5.97 Å². The maximum atomic E-state index is 10.3. The van der Waals surface area contributed by atoms with Gasteiger partial charge in [0, 0.05) is 11.7 Å². The van der Waals surface area contributed by atoms with Crippen molar-refractivity contribution < 1.29 is 9.90 Å². The highest BCUT2D eigenvalue weighted by atomic mass is 32.2. The number of thioether (sulfide) groups is 1. The monoisotopic (exact) mass is 233 g/mol. The molecule has 0 aliphatic rings. The van der Waals surface area contributed by atoms with Crippen molar-refractivity contribution >= 4 is 34.2 Å². The van der Waals surface area contributed by atoms with Crippen LogP contribution in [-0.4, -0.2) is 26.5 Å². The number of nitrogen functional groups attached to an aromatic ring is 1. The fourth-order valence-electron chi connectivity index (χ4n) is 0.826. The van der Waals surface area contributed by atoms with Gasteiger partial charge in [0.15, 0.2) is 4.34 Å². The second-order valence-corrected chi connectivity index (χ2v) is 5.46. The van der Waals surface area contributed by atoms with E-state index in [1.165, 1.54) is 23.1 Å². The summed E-state index contributed by atoms with van der Waals surface area (Å²) in [5, 5.41) is 16.7. The van der Waals surface area contributed by atoms with Gasteiger partial charge in [0.25, 0.3) is 0 Å². The number of nitrogens with two attached hydrogens (primary N) is 1. The van der Waals surface area contributed by atoms with Crippen molar-refractivity contribution in [3.8, 4) is 0 Å². The third kappa shape index (κ3) is 3.93. The van der Waals surface area contributed by atoms with Crippen LogP contribution in [0.25, 0.3) is 0 Å². The third-order valence-electron chi connectivity index (χ3n) is 1.49. The molecule has 14 heavy (non-hydrogen) atoms. The van der Waals surface area contributed by atoms with Gasteiger partial charge in [-0.3, -0.25) is 4.79 Å². The molecule has 0 saturated heterocycles. The summed E-state index contributed by atoms with van der Waals surface area (Å²) < 4.78 is 0.792. The Kier molecular flexibility index (Phi) is 4.15. The Hall–Kier alpha value is -0.820. The molecular formula is C7H11N3O2S2. The number of rotatable bonds is 5. The Morgan fingerprint density at radius 1 is 1.71 bits per heavy atom. The van der Waals surface area contributed by atoms with Gasteiger partial charge in [0.05, 0.1) is 0 Å². The first-order valence-corrected chi connectivity index (χ1v) is 5.75. The predicted octanol–water partition coefficient (Wildman–Crippen LogP) is 1.47. The normalized spacial score (nSPS) is 12.6. The third-order valence-corrected chi connectivity index (χ3v) is 3.50. The molecule has 3 N–H and O–H groups in total. The molecule has 1 heterocycles. The summed E-state index contributed by atoms with van der Waals surface area (Å²) >= 11 is 2.83. The van der Waals surface area contributed by atoms with E-state index in [-0.39, 0.29) is 11.7 Å². The van der Waals surface area contributed by atoms with Crippen molar-refractivity contribution in [1.82, 2.24) is 10.2 Å². The number of carboxylic acids is 1. The van der Waals surface area contributed by atoms with Gasteiger partial charge >= 0.3 is 5.97 Å². The highest BCUT2D eigenvalue weighted by Gasteiger charge is 2.10. The minimum Gasteiger partial charge on any atom is -0.481 e. The number of carbonyl (C=O) groups is 1. The molecule has 0 fully saturated rings. The number of anilines is 1. The van der Waals surface area contributed by atoms with Crippen molar-refractivity contribution in [2.45, 2.75) is 29.4 Å². The number of hydrogen-bond acceptors (Lipinski definition) is 6. The van der Waals surface area contributed by atoms with Crippen LogP contribution in [0.3, 0.4) is 0 Å². The molecule has 1 unspecified atom stereocenters. The largest absolute Gasteiger partial charge is 0.481 e. The molecule has 0 amide bonds. The van der Waals surface area contributed by atoms with Crippen LogP contribution in [-0.2, 0) is 4.79 Å². The average molecular weight is 233 g/mol. The predicted molar refractivity (Wildman–Crippen MR) is 56.5 cm³/mol. The molecule has 1 aromatic rings. The lowest BCUT2D eigenvalue weighted by Gasteiger charge is -2.05. The summed E-state index contributed by atoms with van der Waals surface area (Å²) in [6, 6.07) is 0. The SMILES string of the molecule is CC(CCC(=O)O)Sc1nnc(N)s1. The summed E-state index contributed by atoms with van der Waals surface area (Å²) in [5.41, 5.74) is 5.41. The first-order chi connectivity index (χ1) is 6.58. The molecule has 78 valence electrons. The van der Waals surface area contributed by atoms with Crippen molar-refractivity contribution in [2.24, 2.45) is 0 Å². The minimum absolute atomic E-state index is 0.183. The van der Waals surface area contributed by atoms with Gasteiger partial charge in [-0.25, -0.2) is 0 Å². The molecule has 0 radical (unpaired) electrons. The van der Waals surface area contributed by atoms with Crippen LogP contribution in [0.4, 0.5) is 5.13 Å². The minimum atomic E-state index is -0.769. The van der Waals surface area contributed by atoms with E-state index in [0.29, 0.717) is 11.6 Å². The van der Waals surface area contributed by atoms with Crippen LogP contribution in [0.2, 0.25) is 0 Å². The van der Waals surface area contributed by atoms with Gasteiger partial charge in [-0.2, -0.15) is 0 Å². The number of hydrogen-bond donors (Lipinski definition) is 2. The first-order valence-electron chi connectivity index (χ1n) is 4.05. The lowest BCUT2D eigenvalue weighted by Crippen LogP contribution is -2.01. The van der Waals surface area contributed by atoms with E-state index in [9.17, 15) is 4.79 Å². The van der Waals surface area contributed by atoms with Gasteiger partial charge in [-0.15, -0.1) is 10.2 Å². The molecule has 1 aromatic heterocycles. The highest BCUT2D eigenvalue weighted by molar-refractivity contribution is 8.01. The lowest BCUT2D eigenvalue weighted by molar-refractivity contribution is -0.137. The Labute approximate surface area is 89.7 Å². The molecular weight excluding hydrogens is 222 g/mol. The van der Waals surface area contributed by atoms with Crippen LogP contribution in [0.5, 0.6) is 0 Å². The number of carboxylic acid groups (broad SMARTS) is 1. The van der Waals surface area contributed by atoms with Gasteiger partial charge in [0.1, 0.15) is 0 Å². The zero-order valence-corrected chi connectivity index (χ0v) is 9.27. The summed E-state index contributed by atoms with van der Waals surface area (Å²) in [6.45, 7) is 1.96. The van der Waals surface area contributed by atoms with Crippen molar-refractivity contribution in [3.05, 3.63) is 0 Å². The first kappa shape index (κ1) is 11.3. The van der Waals surface area contributed by atoms with Crippen LogP contribution in [0.1, 0.15) is 19.8 Å². The molecule has 7 heteroatoms. The van der Waals surface area contributed by atoms with Gasteiger partial charge in [-0.05, 0) is 6.42 Å². The summed E-state index contributed by atoms with van der Waals surface area (Å²) in [6.07, 6.45) is 0.807. The van der Waals surface area contributed by atoms with Crippen molar-refractivity contribution in [3.63, 3.8) is 0 Å². The Morgan fingerprint density at radius 3 is 2.93 bits per heavy atom. The molecule has 1 rings (SSSR count). The maximum Gasteiger partial charge on any atom is 0.303 e. The van der Waals surface area contributed by atoms with Gasteiger partial charge < -0.3 is 10.8 Å². The van der Waals surface area contributed by atoms with Gasteiger partial charge in [-0.1, -0.05) is 30.0 Å². The molecule has 0 aromatic carbocycles. The van der Waals surface area contributed by atoms with E-state index in [1.54, 1.807) is 0 Å².